The number of hydrogen-bond donors (Lipinski definition) is 3. The molecule has 0 aromatic carbocycles. The fourth-order valence-corrected chi connectivity index (χ4v) is 0.588. The lowest BCUT2D eigenvalue weighted by atomic mass is 10.9. The van der Waals surface area contributed by atoms with Gasteiger partial charge < -0.3 is 11.5 Å². The largest absolute Gasteiger partial charge is 0.392 e. The summed E-state index contributed by atoms with van der Waals surface area (Å²) in [6, 6.07) is 0. The predicted octanol–water partition coefficient (Wildman–Crippen LogP) is 0.323. The van der Waals surface area contributed by atoms with Gasteiger partial charge in [-0.3, -0.25) is 0 Å². The first-order chi connectivity index (χ1) is 3.18. The fraction of sp³-hybridized carbons (Fsp3) is 0.333. The Morgan fingerprint density at radius 2 is 2.00 bits per heavy atom. The smallest absolute Gasteiger partial charge is 0.0951 e. The number of thiol groups is 1. The predicted molar refractivity (Wildman–Crippen MR) is 37.9 cm³/mol. The molecule has 4 heteroatoms. The van der Waals surface area contributed by atoms with Crippen molar-refractivity contribution in [3.8, 4) is 0 Å². The summed E-state index contributed by atoms with van der Waals surface area (Å²) in [6.07, 6.45) is 1.85. The Hall–Kier alpha value is 0.0400. The number of thioether (sulfide) groups is 1. The average Bonchev–Trinajstić information content (AvgIpc) is 1.65. The van der Waals surface area contributed by atoms with Crippen LogP contribution >= 0.6 is 24.4 Å². The topological polar surface area (TPSA) is 52.0 Å². The highest BCUT2D eigenvalue weighted by Crippen LogP contribution is 2.07. The molecule has 0 aliphatic heterocycles. The van der Waals surface area contributed by atoms with Crippen molar-refractivity contribution in [3.63, 3.8) is 0 Å². The molecule has 0 aromatic rings. The third-order valence-corrected chi connectivity index (χ3v) is 1.52. The molecule has 0 spiro atoms. The molecule has 0 aromatic heterocycles. The Balaban J connectivity index is 3.72. The summed E-state index contributed by atoms with van der Waals surface area (Å²) in [6.45, 7) is 0. The van der Waals surface area contributed by atoms with Gasteiger partial charge in [-0.2, -0.15) is 0 Å². The quantitative estimate of drug-likeness (QED) is 0.455. The van der Waals surface area contributed by atoms with E-state index in [-0.39, 0.29) is 0 Å². The van der Waals surface area contributed by atoms with Crippen LogP contribution in [0.1, 0.15) is 0 Å². The Bertz CT molecular complexity index is 84.9. The van der Waals surface area contributed by atoms with Crippen molar-refractivity contribution in [3.05, 3.63) is 10.1 Å². The first kappa shape index (κ1) is 7.04. The first-order valence-corrected chi connectivity index (χ1v) is 3.34. The van der Waals surface area contributed by atoms with Crippen LogP contribution in [-0.4, -0.2) is 6.26 Å². The Morgan fingerprint density at radius 1 is 1.57 bits per heavy atom. The van der Waals surface area contributed by atoms with Gasteiger partial charge in [-0.1, -0.05) is 0 Å². The third kappa shape index (κ3) is 2.70. The van der Waals surface area contributed by atoms with Crippen molar-refractivity contribution in [2.45, 2.75) is 0 Å². The van der Waals surface area contributed by atoms with Gasteiger partial charge in [0, 0.05) is 0 Å². The van der Waals surface area contributed by atoms with Gasteiger partial charge in [0.25, 0.3) is 0 Å². The van der Waals surface area contributed by atoms with Crippen LogP contribution in [0.3, 0.4) is 0 Å². The summed E-state index contributed by atoms with van der Waals surface area (Å²) < 4.78 is 0. The molecular formula is C3H8N2S2. The molecule has 2 nitrogen and oxygen atoms in total. The van der Waals surface area contributed by atoms with E-state index in [1.165, 1.54) is 11.8 Å². The molecule has 0 fully saturated rings. The molecule has 42 valence electrons. The average molecular weight is 136 g/mol. The monoisotopic (exact) mass is 136 g/mol. The van der Waals surface area contributed by atoms with E-state index in [4.69, 9.17) is 11.5 Å². The van der Waals surface area contributed by atoms with Gasteiger partial charge in [0.05, 0.1) is 10.1 Å². The molecule has 7 heavy (non-hydrogen) atoms. The zero-order valence-electron chi connectivity index (χ0n) is 4.01. The molecule has 0 amide bonds. The van der Waals surface area contributed by atoms with Crippen molar-refractivity contribution in [2.24, 2.45) is 11.5 Å². The van der Waals surface area contributed by atoms with E-state index >= 15 is 0 Å². The maximum absolute atomic E-state index is 5.26. The van der Waals surface area contributed by atoms with Gasteiger partial charge in [-0.15, -0.1) is 24.4 Å². The summed E-state index contributed by atoms with van der Waals surface area (Å²) in [4.78, 5) is 0. The lowest BCUT2D eigenvalue weighted by molar-refractivity contribution is 1.43. The molecule has 0 aliphatic carbocycles. The van der Waals surface area contributed by atoms with Crippen LogP contribution in [0.2, 0.25) is 0 Å². The van der Waals surface area contributed by atoms with Gasteiger partial charge in [-0.05, 0) is 6.26 Å². The second-order valence-electron chi connectivity index (χ2n) is 0.954. The van der Waals surface area contributed by atoms with E-state index in [0.717, 1.165) is 0 Å². The molecule has 0 saturated carbocycles. The SMILES string of the molecule is CS/C(N)=C(/N)S. The molecule has 0 rings (SSSR count). The summed E-state index contributed by atoms with van der Waals surface area (Å²) in [5.74, 6) is 0. The molecule has 4 N–H and O–H groups in total. The van der Waals surface area contributed by atoms with Crippen LogP contribution in [0.4, 0.5) is 0 Å². The van der Waals surface area contributed by atoms with Crippen molar-refractivity contribution >= 4 is 24.4 Å². The van der Waals surface area contributed by atoms with E-state index in [2.05, 4.69) is 12.6 Å². The van der Waals surface area contributed by atoms with Crippen LogP contribution in [0.15, 0.2) is 10.1 Å². The number of nitrogens with two attached hydrogens (primary N) is 2. The van der Waals surface area contributed by atoms with Crippen molar-refractivity contribution in [2.75, 3.05) is 6.26 Å². The Labute approximate surface area is 52.7 Å². The zero-order chi connectivity index (χ0) is 5.86. The molecule has 0 saturated heterocycles. The van der Waals surface area contributed by atoms with Gasteiger partial charge in [0.15, 0.2) is 0 Å². The van der Waals surface area contributed by atoms with Gasteiger partial charge >= 0.3 is 0 Å². The van der Waals surface area contributed by atoms with Crippen LogP contribution in [0.5, 0.6) is 0 Å². The van der Waals surface area contributed by atoms with E-state index in [1.807, 2.05) is 6.26 Å². The van der Waals surface area contributed by atoms with Gasteiger partial charge in [0.2, 0.25) is 0 Å². The molecule has 0 radical (unpaired) electrons. The van der Waals surface area contributed by atoms with Gasteiger partial charge in [0.1, 0.15) is 0 Å². The molecular weight excluding hydrogens is 128 g/mol. The highest BCUT2D eigenvalue weighted by molar-refractivity contribution is 8.03. The van der Waals surface area contributed by atoms with Gasteiger partial charge in [-0.25, -0.2) is 0 Å². The van der Waals surface area contributed by atoms with Crippen LogP contribution in [0.25, 0.3) is 0 Å². The minimum atomic E-state index is 0.396. The highest BCUT2D eigenvalue weighted by atomic mass is 32.2. The maximum atomic E-state index is 5.26. The lowest BCUT2D eigenvalue weighted by Crippen LogP contribution is -2.00. The van der Waals surface area contributed by atoms with Crippen LogP contribution in [0, 0.1) is 0 Å². The van der Waals surface area contributed by atoms with Crippen LogP contribution in [-0.2, 0) is 0 Å². The summed E-state index contributed by atoms with van der Waals surface area (Å²) >= 11 is 5.17. The minimum Gasteiger partial charge on any atom is -0.392 e. The zero-order valence-corrected chi connectivity index (χ0v) is 5.72. The second kappa shape index (κ2) is 3.10. The second-order valence-corrected chi connectivity index (χ2v) is 2.28. The van der Waals surface area contributed by atoms with E-state index in [0.29, 0.717) is 10.1 Å². The minimum absolute atomic E-state index is 0.396. The van der Waals surface area contributed by atoms with Crippen LogP contribution < -0.4 is 11.5 Å². The standard InChI is InChI=1S/C3H8N2S2/c1-7-3(5)2(4)6/h6H,4-5H2,1H3/b3-2-. The fourth-order valence-electron chi connectivity index (χ4n) is 0.105. The maximum Gasteiger partial charge on any atom is 0.0951 e. The number of hydrogen-bond acceptors (Lipinski definition) is 4. The molecule has 0 bridgehead atoms. The third-order valence-electron chi connectivity index (χ3n) is 0.472. The first-order valence-electron chi connectivity index (χ1n) is 1.66. The Morgan fingerprint density at radius 3 is 2.00 bits per heavy atom. The molecule has 0 aliphatic rings. The van der Waals surface area contributed by atoms with E-state index in [9.17, 15) is 0 Å². The molecule has 0 heterocycles. The normalized spacial score (nSPS) is 13.4. The summed E-state index contributed by atoms with van der Waals surface area (Å²) in [7, 11) is 0. The molecule has 0 unspecified atom stereocenters. The summed E-state index contributed by atoms with van der Waals surface area (Å²) in [5.41, 5.74) is 10.4. The molecule has 0 atom stereocenters. The highest BCUT2D eigenvalue weighted by Gasteiger charge is 1.86. The van der Waals surface area contributed by atoms with Crippen molar-refractivity contribution in [1.82, 2.24) is 0 Å². The van der Waals surface area contributed by atoms with Crippen molar-refractivity contribution < 1.29 is 0 Å². The summed E-state index contributed by atoms with van der Waals surface area (Å²) in [5, 5.41) is 0.968. The lowest BCUT2D eigenvalue weighted by Gasteiger charge is -1.93. The Kier molecular flexibility index (Phi) is 3.11. The van der Waals surface area contributed by atoms with E-state index in [1.54, 1.807) is 0 Å². The number of rotatable bonds is 1. The van der Waals surface area contributed by atoms with E-state index < -0.39 is 0 Å². The van der Waals surface area contributed by atoms with Crippen molar-refractivity contribution in [1.29, 1.82) is 0 Å².